The van der Waals surface area contributed by atoms with E-state index in [-0.39, 0.29) is 0 Å². The predicted molar refractivity (Wildman–Crippen MR) is 89.2 cm³/mol. The molecule has 1 aliphatic heterocycles. The monoisotopic (exact) mass is 291 g/mol. The van der Waals surface area contributed by atoms with Crippen LogP contribution in [0.4, 0.5) is 5.69 Å². The van der Waals surface area contributed by atoms with Gasteiger partial charge in [-0.25, -0.2) is 0 Å². The van der Waals surface area contributed by atoms with Crippen molar-refractivity contribution in [2.24, 2.45) is 0 Å². The molecule has 1 unspecified atom stereocenters. The molecule has 2 rings (SSSR count). The predicted octanol–water partition coefficient (Wildman–Crippen LogP) is 1.95. The Morgan fingerprint density at radius 3 is 2.90 bits per heavy atom. The lowest BCUT2D eigenvalue weighted by molar-refractivity contribution is 0.163. The van der Waals surface area contributed by atoms with Crippen LogP contribution in [0.5, 0.6) is 0 Å². The van der Waals surface area contributed by atoms with Gasteiger partial charge in [0.25, 0.3) is 0 Å². The van der Waals surface area contributed by atoms with Crippen molar-refractivity contribution in [1.82, 2.24) is 10.6 Å². The fourth-order valence-electron chi connectivity index (χ4n) is 2.96. The Labute approximate surface area is 128 Å². The first-order valence-corrected chi connectivity index (χ1v) is 7.90. The molecule has 1 saturated heterocycles. The molecule has 2 N–H and O–H groups in total. The quantitative estimate of drug-likeness (QED) is 0.840. The third kappa shape index (κ3) is 4.19. The summed E-state index contributed by atoms with van der Waals surface area (Å²) in [5.74, 6) is 0.568. The molecule has 4 nitrogen and oxygen atoms in total. The van der Waals surface area contributed by atoms with Crippen LogP contribution in [0.2, 0.25) is 0 Å². The second kappa shape index (κ2) is 7.78. The van der Waals surface area contributed by atoms with Crippen molar-refractivity contribution < 1.29 is 4.74 Å². The van der Waals surface area contributed by atoms with Gasteiger partial charge < -0.3 is 20.3 Å². The Kier molecular flexibility index (Phi) is 6.03. The molecule has 1 heterocycles. The van der Waals surface area contributed by atoms with Gasteiger partial charge in [-0.15, -0.1) is 0 Å². The van der Waals surface area contributed by atoms with Crippen LogP contribution in [-0.4, -0.2) is 46.4 Å². The molecular formula is C17H29N3O. The van der Waals surface area contributed by atoms with Gasteiger partial charge in [0.05, 0.1) is 6.61 Å². The van der Waals surface area contributed by atoms with Crippen molar-refractivity contribution in [3.8, 4) is 0 Å². The maximum Gasteiger partial charge on any atom is 0.0633 e. The molecule has 1 fully saturated rings. The highest BCUT2D eigenvalue weighted by atomic mass is 16.5. The van der Waals surface area contributed by atoms with Gasteiger partial charge in [-0.3, -0.25) is 0 Å². The number of piperazine rings is 1. The minimum atomic E-state index is 0.413. The van der Waals surface area contributed by atoms with E-state index in [1.165, 1.54) is 16.8 Å². The highest BCUT2D eigenvalue weighted by Crippen LogP contribution is 2.26. The standard InChI is InChI=1S/C17H29N3O/c1-13(2)14-5-6-17(15(9-14)10-18-3)20-8-7-19-16(11-20)12-21-4/h5-6,9,13,16,18-19H,7-8,10-12H2,1-4H3. The zero-order chi connectivity index (χ0) is 15.2. The maximum atomic E-state index is 5.29. The van der Waals surface area contributed by atoms with Crippen LogP contribution in [0.1, 0.15) is 30.9 Å². The van der Waals surface area contributed by atoms with Crippen molar-refractivity contribution in [1.29, 1.82) is 0 Å². The van der Waals surface area contributed by atoms with Crippen molar-refractivity contribution in [2.75, 3.05) is 45.3 Å². The number of ether oxygens (including phenoxy) is 1. The highest BCUT2D eigenvalue weighted by molar-refractivity contribution is 5.56. The van der Waals surface area contributed by atoms with Crippen molar-refractivity contribution >= 4 is 5.69 Å². The van der Waals surface area contributed by atoms with E-state index in [9.17, 15) is 0 Å². The first kappa shape index (κ1) is 16.3. The van der Waals surface area contributed by atoms with E-state index in [0.717, 1.165) is 32.8 Å². The molecule has 0 amide bonds. The van der Waals surface area contributed by atoms with Crippen LogP contribution in [0.15, 0.2) is 18.2 Å². The first-order valence-electron chi connectivity index (χ1n) is 7.90. The number of hydrogen-bond acceptors (Lipinski definition) is 4. The van der Waals surface area contributed by atoms with E-state index in [0.29, 0.717) is 12.0 Å². The fraction of sp³-hybridized carbons (Fsp3) is 0.647. The number of rotatable bonds is 6. The summed E-state index contributed by atoms with van der Waals surface area (Å²) in [6.45, 7) is 9.24. The Hall–Kier alpha value is -1.10. The maximum absolute atomic E-state index is 5.29. The lowest BCUT2D eigenvalue weighted by Crippen LogP contribution is -2.52. The van der Waals surface area contributed by atoms with Gasteiger partial charge >= 0.3 is 0 Å². The summed E-state index contributed by atoms with van der Waals surface area (Å²) in [5, 5.41) is 6.82. The van der Waals surface area contributed by atoms with Crippen LogP contribution in [0, 0.1) is 0 Å². The molecule has 1 atom stereocenters. The smallest absolute Gasteiger partial charge is 0.0633 e. The van der Waals surface area contributed by atoms with E-state index in [4.69, 9.17) is 4.74 Å². The summed E-state index contributed by atoms with van der Waals surface area (Å²) >= 11 is 0. The largest absolute Gasteiger partial charge is 0.383 e. The van der Waals surface area contributed by atoms with Crippen LogP contribution in [-0.2, 0) is 11.3 Å². The van der Waals surface area contributed by atoms with Gasteiger partial charge in [0, 0.05) is 45.0 Å². The zero-order valence-corrected chi connectivity index (χ0v) is 13.8. The highest BCUT2D eigenvalue weighted by Gasteiger charge is 2.21. The Bertz CT molecular complexity index is 446. The second-order valence-corrected chi connectivity index (χ2v) is 6.13. The SMILES string of the molecule is CNCc1cc(C(C)C)ccc1N1CCNC(COC)C1. The van der Waals surface area contributed by atoms with Crippen LogP contribution < -0.4 is 15.5 Å². The molecule has 0 spiro atoms. The summed E-state index contributed by atoms with van der Waals surface area (Å²) in [4.78, 5) is 2.48. The van der Waals surface area contributed by atoms with Gasteiger partial charge in [0.2, 0.25) is 0 Å². The molecule has 0 aliphatic carbocycles. The zero-order valence-electron chi connectivity index (χ0n) is 13.8. The molecule has 0 bridgehead atoms. The topological polar surface area (TPSA) is 36.5 Å². The summed E-state index contributed by atoms with van der Waals surface area (Å²) in [7, 11) is 3.78. The van der Waals surface area contributed by atoms with Crippen molar-refractivity contribution in [2.45, 2.75) is 32.4 Å². The number of hydrogen-bond donors (Lipinski definition) is 2. The van der Waals surface area contributed by atoms with E-state index >= 15 is 0 Å². The Morgan fingerprint density at radius 2 is 2.24 bits per heavy atom. The van der Waals surface area contributed by atoms with E-state index in [2.05, 4.69) is 47.6 Å². The average molecular weight is 291 g/mol. The third-order valence-electron chi connectivity index (χ3n) is 4.10. The summed E-state index contributed by atoms with van der Waals surface area (Å²) < 4.78 is 5.29. The summed E-state index contributed by atoms with van der Waals surface area (Å²) in [6, 6.07) is 7.32. The molecule has 0 aromatic heterocycles. The first-order chi connectivity index (χ1) is 10.2. The lowest BCUT2D eigenvalue weighted by atomic mass is 9.98. The summed E-state index contributed by atoms with van der Waals surface area (Å²) in [6.07, 6.45) is 0. The van der Waals surface area contributed by atoms with Gasteiger partial charge in [-0.05, 0) is 30.2 Å². The van der Waals surface area contributed by atoms with Crippen LogP contribution in [0.3, 0.4) is 0 Å². The molecule has 0 saturated carbocycles. The number of anilines is 1. The Balaban J connectivity index is 2.20. The van der Waals surface area contributed by atoms with Crippen LogP contribution >= 0.6 is 0 Å². The Morgan fingerprint density at radius 1 is 1.43 bits per heavy atom. The molecule has 4 heteroatoms. The lowest BCUT2D eigenvalue weighted by Gasteiger charge is -2.36. The minimum Gasteiger partial charge on any atom is -0.383 e. The molecule has 118 valence electrons. The minimum absolute atomic E-state index is 0.413. The van der Waals surface area contributed by atoms with Gasteiger partial charge in [0.1, 0.15) is 0 Å². The number of methoxy groups -OCH3 is 1. The summed E-state index contributed by atoms with van der Waals surface area (Å²) in [5.41, 5.74) is 4.16. The third-order valence-corrected chi connectivity index (χ3v) is 4.10. The van der Waals surface area contributed by atoms with E-state index in [1.54, 1.807) is 7.11 Å². The molecule has 1 aromatic rings. The van der Waals surface area contributed by atoms with Crippen LogP contribution in [0.25, 0.3) is 0 Å². The molecule has 1 aliphatic rings. The van der Waals surface area contributed by atoms with Gasteiger partial charge in [0.15, 0.2) is 0 Å². The van der Waals surface area contributed by atoms with Gasteiger partial charge in [-0.2, -0.15) is 0 Å². The number of benzene rings is 1. The average Bonchev–Trinajstić information content (AvgIpc) is 2.48. The molecule has 1 aromatic carbocycles. The number of nitrogens with zero attached hydrogens (tertiary/aromatic N) is 1. The number of nitrogens with one attached hydrogen (secondary N) is 2. The second-order valence-electron chi connectivity index (χ2n) is 6.13. The van der Waals surface area contributed by atoms with Crippen molar-refractivity contribution in [3.63, 3.8) is 0 Å². The fourth-order valence-corrected chi connectivity index (χ4v) is 2.96. The molecule has 0 radical (unpaired) electrons. The van der Waals surface area contributed by atoms with E-state index in [1.807, 2.05) is 7.05 Å². The molecular weight excluding hydrogens is 262 g/mol. The van der Waals surface area contributed by atoms with E-state index < -0.39 is 0 Å². The normalized spacial score (nSPS) is 19.3. The van der Waals surface area contributed by atoms with Gasteiger partial charge in [-0.1, -0.05) is 26.0 Å². The van der Waals surface area contributed by atoms with Crippen molar-refractivity contribution in [3.05, 3.63) is 29.3 Å². The molecule has 21 heavy (non-hydrogen) atoms.